The van der Waals surface area contributed by atoms with Crippen molar-refractivity contribution in [3.8, 4) is 0 Å². The van der Waals surface area contributed by atoms with Gasteiger partial charge in [-0.05, 0) is 25.8 Å². The van der Waals surface area contributed by atoms with E-state index in [0.717, 1.165) is 0 Å². The van der Waals surface area contributed by atoms with Gasteiger partial charge >= 0.3 is 0 Å². The maximum absolute atomic E-state index is 12.6. The smallest absolute Gasteiger partial charge is 0.260 e. The summed E-state index contributed by atoms with van der Waals surface area (Å²) in [6, 6.07) is 0.855. The SMILES string of the molecule is CCn1nccc1S(=O)(=O)N1CCCC1C(=O)NC. The largest absolute Gasteiger partial charge is 0.358 e. The van der Waals surface area contributed by atoms with Crippen LogP contribution in [-0.2, 0) is 21.4 Å². The first-order valence-corrected chi connectivity index (χ1v) is 7.71. The number of nitrogens with one attached hydrogen (secondary N) is 1. The van der Waals surface area contributed by atoms with Crippen LogP contribution in [0.2, 0.25) is 0 Å². The molecule has 1 N–H and O–H groups in total. The van der Waals surface area contributed by atoms with E-state index in [1.54, 1.807) is 0 Å². The second-order valence-corrected chi connectivity index (χ2v) is 6.21. The average Bonchev–Trinajstić information content (AvgIpc) is 3.06. The molecule has 1 aromatic rings. The Morgan fingerprint density at radius 3 is 2.95 bits per heavy atom. The molecule has 1 aromatic heterocycles. The van der Waals surface area contributed by atoms with Crippen molar-refractivity contribution in [1.82, 2.24) is 19.4 Å². The van der Waals surface area contributed by atoms with Crippen LogP contribution in [0.3, 0.4) is 0 Å². The number of hydrogen-bond acceptors (Lipinski definition) is 4. The Kier molecular flexibility index (Phi) is 3.91. The maximum atomic E-state index is 12.6. The fourth-order valence-electron chi connectivity index (χ4n) is 2.35. The summed E-state index contributed by atoms with van der Waals surface area (Å²) in [5, 5.41) is 6.63. The van der Waals surface area contributed by atoms with Gasteiger partial charge in [-0.1, -0.05) is 0 Å². The minimum Gasteiger partial charge on any atom is -0.358 e. The third-order valence-electron chi connectivity index (χ3n) is 3.30. The first-order chi connectivity index (χ1) is 9.02. The van der Waals surface area contributed by atoms with E-state index in [-0.39, 0.29) is 10.9 Å². The Labute approximate surface area is 112 Å². The zero-order valence-corrected chi connectivity index (χ0v) is 11.9. The second-order valence-electron chi connectivity index (χ2n) is 4.37. The summed E-state index contributed by atoms with van der Waals surface area (Å²) in [6.07, 6.45) is 2.71. The highest BCUT2D eigenvalue weighted by molar-refractivity contribution is 7.89. The van der Waals surface area contributed by atoms with Crippen molar-refractivity contribution in [3.63, 3.8) is 0 Å². The molecular weight excluding hydrogens is 268 g/mol. The van der Waals surface area contributed by atoms with E-state index in [9.17, 15) is 13.2 Å². The van der Waals surface area contributed by atoms with Gasteiger partial charge in [-0.3, -0.25) is 9.48 Å². The number of nitrogens with zero attached hydrogens (tertiary/aromatic N) is 3. The maximum Gasteiger partial charge on any atom is 0.260 e. The molecular formula is C11H18N4O3S. The van der Waals surface area contributed by atoms with E-state index >= 15 is 0 Å². The minimum absolute atomic E-state index is 0.144. The normalized spacial score (nSPS) is 20.6. The minimum atomic E-state index is -3.67. The van der Waals surface area contributed by atoms with Gasteiger partial charge in [0.15, 0.2) is 5.03 Å². The number of rotatable bonds is 4. The summed E-state index contributed by atoms with van der Waals surface area (Å²) in [5.74, 6) is -0.261. The van der Waals surface area contributed by atoms with Gasteiger partial charge in [0.25, 0.3) is 10.0 Å². The molecule has 1 saturated heterocycles. The second kappa shape index (κ2) is 5.30. The predicted molar refractivity (Wildman–Crippen MR) is 68.9 cm³/mol. The Hall–Kier alpha value is -1.41. The highest BCUT2D eigenvalue weighted by atomic mass is 32.2. The molecule has 1 fully saturated rings. The van der Waals surface area contributed by atoms with Crippen LogP contribution < -0.4 is 5.32 Å². The summed E-state index contributed by atoms with van der Waals surface area (Å²) < 4.78 is 27.9. The van der Waals surface area contributed by atoms with Gasteiger partial charge in [-0.2, -0.15) is 9.40 Å². The molecule has 1 aliphatic heterocycles. The monoisotopic (exact) mass is 286 g/mol. The van der Waals surface area contributed by atoms with E-state index in [4.69, 9.17) is 0 Å². The molecule has 1 unspecified atom stereocenters. The number of amides is 1. The van der Waals surface area contributed by atoms with Crippen molar-refractivity contribution in [3.05, 3.63) is 12.3 Å². The molecule has 19 heavy (non-hydrogen) atoms. The van der Waals surface area contributed by atoms with E-state index < -0.39 is 16.1 Å². The van der Waals surface area contributed by atoms with Crippen LogP contribution in [0.1, 0.15) is 19.8 Å². The number of hydrogen-bond donors (Lipinski definition) is 1. The Balaban J connectivity index is 2.37. The summed E-state index contributed by atoms with van der Waals surface area (Å²) >= 11 is 0. The standard InChI is InChI=1S/C11H18N4O3S/c1-3-14-10(6-7-13-14)19(17,18)15-8-4-5-9(15)11(16)12-2/h6-7,9H,3-5,8H2,1-2H3,(H,12,16). The van der Waals surface area contributed by atoms with Crippen molar-refractivity contribution in [2.45, 2.75) is 37.4 Å². The quantitative estimate of drug-likeness (QED) is 0.831. The Morgan fingerprint density at radius 1 is 1.58 bits per heavy atom. The number of likely N-dealkylation sites (N-methyl/N-ethyl adjacent to an activating group) is 1. The van der Waals surface area contributed by atoms with Crippen molar-refractivity contribution < 1.29 is 13.2 Å². The summed E-state index contributed by atoms with van der Waals surface area (Å²) in [4.78, 5) is 11.8. The molecule has 106 valence electrons. The lowest BCUT2D eigenvalue weighted by Gasteiger charge is -2.22. The molecule has 8 heteroatoms. The molecule has 0 aliphatic carbocycles. The Morgan fingerprint density at radius 2 is 2.32 bits per heavy atom. The van der Waals surface area contributed by atoms with Crippen molar-refractivity contribution in [1.29, 1.82) is 0 Å². The Bertz CT molecular complexity index is 566. The highest BCUT2D eigenvalue weighted by Gasteiger charge is 2.40. The third kappa shape index (κ3) is 2.37. The van der Waals surface area contributed by atoms with Gasteiger partial charge in [-0.25, -0.2) is 8.42 Å². The van der Waals surface area contributed by atoms with Crippen LogP contribution in [0.5, 0.6) is 0 Å². The van der Waals surface area contributed by atoms with E-state index in [0.29, 0.717) is 25.9 Å². The van der Waals surface area contributed by atoms with Crippen molar-refractivity contribution in [2.24, 2.45) is 0 Å². The highest BCUT2D eigenvalue weighted by Crippen LogP contribution is 2.26. The van der Waals surface area contributed by atoms with Crippen molar-refractivity contribution >= 4 is 15.9 Å². The van der Waals surface area contributed by atoms with E-state index in [1.807, 2.05) is 6.92 Å². The molecule has 0 saturated carbocycles. The van der Waals surface area contributed by atoms with Gasteiger partial charge < -0.3 is 5.32 Å². The van der Waals surface area contributed by atoms with E-state index in [1.165, 1.54) is 28.3 Å². The number of aromatic nitrogens is 2. The number of sulfonamides is 1. The summed E-state index contributed by atoms with van der Waals surface area (Å²) in [6.45, 7) is 2.67. The fourth-order valence-corrected chi connectivity index (χ4v) is 4.18. The van der Waals surface area contributed by atoms with Crippen LogP contribution in [0.4, 0.5) is 0 Å². The van der Waals surface area contributed by atoms with Crippen LogP contribution in [0, 0.1) is 0 Å². The number of carbonyl (C=O) groups is 1. The van der Waals surface area contributed by atoms with Gasteiger partial charge in [0.2, 0.25) is 5.91 Å². The molecule has 1 atom stereocenters. The molecule has 0 bridgehead atoms. The van der Waals surface area contributed by atoms with Crippen LogP contribution in [-0.4, -0.2) is 48.0 Å². The van der Waals surface area contributed by atoms with Crippen LogP contribution in [0.15, 0.2) is 17.3 Å². The summed E-state index contributed by atoms with van der Waals surface area (Å²) in [7, 11) is -2.15. The van der Waals surface area contributed by atoms with Crippen LogP contribution in [0.25, 0.3) is 0 Å². The summed E-state index contributed by atoms with van der Waals surface area (Å²) in [5.41, 5.74) is 0. The first-order valence-electron chi connectivity index (χ1n) is 6.27. The molecule has 0 aromatic carbocycles. The molecule has 2 rings (SSSR count). The van der Waals surface area contributed by atoms with Gasteiger partial charge in [0.05, 0.1) is 6.20 Å². The average molecular weight is 286 g/mol. The van der Waals surface area contributed by atoms with Gasteiger partial charge in [-0.15, -0.1) is 0 Å². The predicted octanol–water partition coefficient (Wildman–Crippen LogP) is -0.198. The van der Waals surface area contributed by atoms with Gasteiger partial charge in [0, 0.05) is 20.1 Å². The third-order valence-corrected chi connectivity index (χ3v) is 5.23. The lowest BCUT2D eigenvalue weighted by Crippen LogP contribution is -2.45. The molecule has 0 spiro atoms. The first kappa shape index (κ1) is 14.0. The van der Waals surface area contributed by atoms with Crippen LogP contribution >= 0.6 is 0 Å². The number of aryl methyl sites for hydroxylation is 1. The molecule has 1 aliphatic rings. The number of carbonyl (C=O) groups excluding carboxylic acids is 1. The van der Waals surface area contributed by atoms with E-state index in [2.05, 4.69) is 10.4 Å². The molecule has 0 radical (unpaired) electrons. The molecule has 1 amide bonds. The van der Waals surface area contributed by atoms with Crippen molar-refractivity contribution in [2.75, 3.05) is 13.6 Å². The lowest BCUT2D eigenvalue weighted by atomic mass is 10.2. The lowest BCUT2D eigenvalue weighted by molar-refractivity contribution is -0.123. The topological polar surface area (TPSA) is 84.3 Å². The van der Waals surface area contributed by atoms with Gasteiger partial charge in [0.1, 0.15) is 6.04 Å². The zero-order chi connectivity index (χ0) is 14.0. The molecule has 2 heterocycles. The molecule has 7 nitrogen and oxygen atoms in total. The zero-order valence-electron chi connectivity index (χ0n) is 11.0. The fraction of sp³-hybridized carbons (Fsp3) is 0.636.